The number of carbonyl (C=O) groups is 2. The summed E-state index contributed by atoms with van der Waals surface area (Å²) in [4.78, 5) is 40.9. The van der Waals surface area contributed by atoms with Gasteiger partial charge in [-0.2, -0.15) is 0 Å². The van der Waals surface area contributed by atoms with E-state index < -0.39 is 59.6 Å². The van der Waals surface area contributed by atoms with Crippen LogP contribution in [0.5, 0.6) is 0 Å². The van der Waals surface area contributed by atoms with E-state index in [2.05, 4.69) is 31.5 Å². The summed E-state index contributed by atoms with van der Waals surface area (Å²) < 4.78 is 32.0. The minimum absolute atomic E-state index is 0.139. The van der Waals surface area contributed by atoms with E-state index in [4.69, 9.17) is 30.1 Å². The average molecular weight is 646 g/mol. The van der Waals surface area contributed by atoms with Crippen LogP contribution in [0, 0.1) is 12.3 Å². The van der Waals surface area contributed by atoms with Gasteiger partial charge in [0.05, 0.1) is 19.5 Å². The highest BCUT2D eigenvalue weighted by Crippen LogP contribution is 2.44. The summed E-state index contributed by atoms with van der Waals surface area (Å²) in [6.07, 6.45) is 5.86. The molecule has 4 heterocycles. The number of ether oxygens (including phenoxy) is 5. The molecule has 2 aromatic rings. The Morgan fingerprint density at radius 1 is 1.11 bits per heavy atom. The number of hydrogen-bond donors (Lipinski definition) is 3. The van der Waals surface area contributed by atoms with Crippen molar-refractivity contribution in [2.24, 2.45) is 0 Å². The molecule has 0 aliphatic carbocycles. The number of imidazole rings is 1. The van der Waals surface area contributed by atoms with Crippen LogP contribution in [0.1, 0.15) is 68.0 Å². The van der Waals surface area contributed by atoms with Crippen LogP contribution in [0.25, 0.3) is 11.2 Å². The van der Waals surface area contributed by atoms with Gasteiger partial charge in [0.2, 0.25) is 0 Å². The summed E-state index contributed by atoms with van der Waals surface area (Å²) in [5.74, 6) is 1.57. The Morgan fingerprint density at radius 3 is 2.46 bits per heavy atom. The van der Waals surface area contributed by atoms with Crippen LogP contribution in [0.4, 0.5) is 10.6 Å². The Balaban J connectivity index is 1.53. The Hall–Kier alpha value is -3.55. The van der Waals surface area contributed by atoms with Gasteiger partial charge in [-0.25, -0.2) is 24.5 Å². The number of carbonyl (C=O) groups excluding carboxylic acids is 2. The largest absolute Gasteiger partial charge is 0.458 e. The lowest BCUT2D eigenvalue weighted by Gasteiger charge is -2.30. The molecular formula is C31H47N7O8. The van der Waals surface area contributed by atoms with Crippen molar-refractivity contribution in [1.82, 2.24) is 29.7 Å². The monoisotopic (exact) mass is 645 g/mol. The standard InChI is InChI=1S/C31H47N7O8/c1-10-12-32-24-21-25(34-17-33-24)38(18-35-21)26-23-22(43-31(8,9)44-23)20(42-26)16-37(14-15-39)13-11-19(27(40)45-29(2,3)4)36-28(41)46-30(5,6)7/h1,17-20,22-23,26,39H,11-16H2,2-9H3,(H,36,41)(H,32,33,34)/t19-,20+,22+,23+,26+/m0/s1. The van der Waals surface area contributed by atoms with Crippen LogP contribution < -0.4 is 10.6 Å². The zero-order chi connectivity index (χ0) is 33.9. The SMILES string of the molecule is C#CCNc1ncnc2c1ncn2[C@@H]1O[C@H](CN(CCO)CC[C@H](NC(=O)OC(C)(C)C)C(=O)OC(C)(C)C)[C@H]2OC(C)(C)O[C@H]21. The number of aliphatic hydroxyl groups is 1. The van der Waals surface area contributed by atoms with Gasteiger partial charge < -0.3 is 39.4 Å². The fourth-order valence-corrected chi connectivity index (χ4v) is 5.41. The van der Waals surface area contributed by atoms with Crippen molar-refractivity contribution in [3.8, 4) is 12.3 Å². The van der Waals surface area contributed by atoms with Gasteiger partial charge >= 0.3 is 12.1 Å². The zero-order valence-corrected chi connectivity index (χ0v) is 27.9. The second-order valence-corrected chi connectivity index (χ2v) is 13.8. The summed E-state index contributed by atoms with van der Waals surface area (Å²) in [6, 6.07) is -0.987. The molecule has 15 heteroatoms. The molecule has 0 spiro atoms. The summed E-state index contributed by atoms with van der Waals surface area (Å²) >= 11 is 0. The number of nitrogens with zero attached hydrogens (tertiary/aromatic N) is 5. The molecule has 46 heavy (non-hydrogen) atoms. The number of rotatable bonds is 12. The number of anilines is 1. The molecule has 4 rings (SSSR count). The fourth-order valence-electron chi connectivity index (χ4n) is 5.41. The maximum atomic E-state index is 13.1. The third-order valence-electron chi connectivity index (χ3n) is 7.09. The maximum Gasteiger partial charge on any atom is 0.408 e. The van der Waals surface area contributed by atoms with Crippen molar-refractivity contribution in [3.05, 3.63) is 12.7 Å². The van der Waals surface area contributed by atoms with Gasteiger partial charge in [0.15, 0.2) is 29.0 Å². The summed E-state index contributed by atoms with van der Waals surface area (Å²) in [7, 11) is 0. The highest BCUT2D eigenvalue weighted by Gasteiger charge is 2.56. The van der Waals surface area contributed by atoms with Crippen LogP contribution in [-0.2, 0) is 28.5 Å². The van der Waals surface area contributed by atoms with Gasteiger partial charge in [-0.1, -0.05) is 5.92 Å². The lowest BCUT2D eigenvalue weighted by molar-refractivity contribution is -0.198. The molecule has 5 atom stereocenters. The van der Waals surface area contributed by atoms with Gasteiger partial charge in [0.25, 0.3) is 0 Å². The Kier molecular flexibility index (Phi) is 10.8. The van der Waals surface area contributed by atoms with Gasteiger partial charge in [-0.05, 0) is 61.8 Å². The smallest absolute Gasteiger partial charge is 0.408 e. The van der Waals surface area contributed by atoms with Gasteiger partial charge in [0, 0.05) is 19.6 Å². The predicted molar refractivity (Wildman–Crippen MR) is 168 cm³/mol. The summed E-state index contributed by atoms with van der Waals surface area (Å²) in [5.41, 5.74) is -0.438. The highest BCUT2D eigenvalue weighted by molar-refractivity contribution is 5.83. The first-order chi connectivity index (χ1) is 21.5. The minimum atomic E-state index is -0.987. The third kappa shape index (κ3) is 9.04. The number of fused-ring (bicyclic) bond motifs is 2. The molecule has 254 valence electrons. The van der Waals surface area contributed by atoms with Crippen LogP contribution in [-0.4, -0.2) is 116 Å². The molecule has 0 unspecified atom stereocenters. The van der Waals surface area contributed by atoms with Gasteiger partial charge in [-0.15, -0.1) is 6.42 Å². The lowest BCUT2D eigenvalue weighted by atomic mass is 10.1. The van der Waals surface area contributed by atoms with Crippen molar-refractivity contribution in [3.63, 3.8) is 0 Å². The number of amides is 1. The number of nitrogens with one attached hydrogen (secondary N) is 2. The van der Waals surface area contributed by atoms with Gasteiger partial charge in [0.1, 0.15) is 41.9 Å². The van der Waals surface area contributed by atoms with Crippen LogP contribution in [0.3, 0.4) is 0 Å². The van der Waals surface area contributed by atoms with E-state index in [1.54, 1.807) is 52.4 Å². The number of aromatic nitrogens is 4. The Morgan fingerprint density at radius 2 is 1.80 bits per heavy atom. The molecule has 1 amide bonds. The number of aliphatic hydroxyl groups excluding tert-OH is 1. The molecule has 2 aliphatic rings. The molecule has 2 saturated heterocycles. The fraction of sp³-hybridized carbons (Fsp3) is 0.710. The first kappa shape index (κ1) is 35.3. The maximum absolute atomic E-state index is 13.1. The van der Waals surface area contributed by atoms with Crippen LogP contribution in [0.2, 0.25) is 0 Å². The van der Waals surface area contributed by atoms with Crippen molar-refractivity contribution in [1.29, 1.82) is 0 Å². The van der Waals surface area contributed by atoms with E-state index in [0.29, 0.717) is 30.1 Å². The molecule has 0 bridgehead atoms. The summed E-state index contributed by atoms with van der Waals surface area (Å²) in [6.45, 7) is 15.3. The second kappa shape index (κ2) is 14.1. The van der Waals surface area contributed by atoms with E-state index in [9.17, 15) is 14.7 Å². The minimum Gasteiger partial charge on any atom is -0.458 e. The molecule has 2 fully saturated rings. The molecule has 0 saturated carbocycles. The molecule has 0 aromatic carbocycles. The normalized spacial score (nSPS) is 23.2. The van der Waals surface area contributed by atoms with E-state index in [0.717, 1.165) is 0 Å². The number of esters is 1. The number of terminal acetylenes is 1. The van der Waals surface area contributed by atoms with E-state index >= 15 is 0 Å². The quantitative estimate of drug-likeness (QED) is 0.227. The third-order valence-corrected chi connectivity index (χ3v) is 7.09. The Labute approximate surface area is 269 Å². The zero-order valence-electron chi connectivity index (χ0n) is 27.9. The van der Waals surface area contributed by atoms with Crippen LogP contribution in [0.15, 0.2) is 12.7 Å². The Bertz CT molecular complexity index is 1410. The topological polar surface area (TPSA) is 171 Å². The molecule has 15 nitrogen and oxygen atoms in total. The second-order valence-electron chi connectivity index (χ2n) is 13.8. The lowest BCUT2D eigenvalue weighted by Crippen LogP contribution is -2.48. The van der Waals surface area contributed by atoms with Gasteiger partial charge in [-0.3, -0.25) is 9.47 Å². The molecule has 2 aromatic heterocycles. The molecular weight excluding hydrogens is 598 g/mol. The van der Waals surface area contributed by atoms with Crippen molar-refractivity contribution in [2.75, 3.05) is 38.1 Å². The van der Waals surface area contributed by atoms with Crippen LogP contribution >= 0.6 is 0 Å². The first-order valence-corrected chi connectivity index (χ1v) is 15.4. The average Bonchev–Trinajstić information content (AvgIpc) is 3.59. The van der Waals surface area contributed by atoms with E-state index in [1.165, 1.54) is 6.33 Å². The van der Waals surface area contributed by atoms with Crippen molar-refractivity contribution >= 4 is 29.0 Å². The molecule has 0 radical (unpaired) electrons. The van der Waals surface area contributed by atoms with E-state index in [-0.39, 0.29) is 26.1 Å². The molecule has 3 N–H and O–H groups in total. The molecule has 2 aliphatic heterocycles. The first-order valence-electron chi connectivity index (χ1n) is 15.4. The van der Waals surface area contributed by atoms with E-state index in [1.807, 2.05) is 18.7 Å². The highest BCUT2D eigenvalue weighted by atomic mass is 16.8. The number of hydrogen-bond acceptors (Lipinski definition) is 13. The number of alkyl carbamates (subject to hydrolysis) is 1. The van der Waals surface area contributed by atoms with Crippen molar-refractivity contribution < 1.29 is 38.4 Å². The van der Waals surface area contributed by atoms with Crippen molar-refractivity contribution in [2.45, 2.75) is 109 Å². The predicted octanol–water partition coefficient (Wildman–Crippen LogP) is 2.21. The summed E-state index contributed by atoms with van der Waals surface area (Å²) in [5, 5.41) is 15.6.